The van der Waals surface area contributed by atoms with Gasteiger partial charge in [0.2, 0.25) is 0 Å². The van der Waals surface area contributed by atoms with Gasteiger partial charge < -0.3 is 0 Å². The van der Waals surface area contributed by atoms with Gasteiger partial charge in [-0.2, -0.15) is 10.2 Å². The summed E-state index contributed by atoms with van der Waals surface area (Å²) in [5, 5.41) is 19.9. The van der Waals surface area contributed by atoms with Gasteiger partial charge in [-0.15, -0.1) is 0 Å². The number of hydrogen-bond acceptors (Lipinski definition) is 4. The van der Waals surface area contributed by atoms with Crippen LogP contribution < -0.4 is 0 Å². The fraction of sp³-hybridized carbons (Fsp3) is 0.500. The van der Waals surface area contributed by atoms with Crippen LogP contribution in [-0.2, 0) is 6.67 Å². The van der Waals surface area contributed by atoms with Gasteiger partial charge in [0.25, 0.3) is 0 Å². The fourth-order valence-corrected chi connectivity index (χ4v) is 0.885. The van der Waals surface area contributed by atoms with Crippen LogP contribution in [0, 0.1) is 24.3 Å². The summed E-state index contributed by atoms with van der Waals surface area (Å²) in [5.74, 6) is 0. The first-order valence-corrected chi connectivity index (χ1v) is 3.66. The minimum absolute atomic E-state index is 0.333. The van der Waals surface area contributed by atoms with Crippen LogP contribution in [0.2, 0.25) is 0 Å². The van der Waals surface area contributed by atoms with E-state index in [-0.39, 0.29) is 0 Å². The van der Waals surface area contributed by atoms with Crippen molar-refractivity contribution in [3.8, 4) is 0 Å². The largest absolute Gasteiger partial charge is 0.472 e. The summed E-state index contributed by atoms with van der Waals surface area (Å²) in [6, 6.07) is 1.96. The van der Waals surface area contributed by atoms with Crippen LogP contribution in [0.25, 0.3) is 0 Å². The number of aryl methyl sites for hydroxylation is 2. The maximum absolute atomic E-state index is 8.47. The zero-order valence-electron chi connectivity index (χ0n) is 7.88. The molecule has 0 bridgehead atoms. The van der Waals surface area contributed by atoms with Crippen LogP contribution in [0.4, 0.5) is 0 Å². The topological polar surface area (TPSA) is 115 Å². The summed E-state index contributed by atoms with van der Waals surface area (Å²) in [4.78, 5) is 8.47. The van der Waals surface area contributed by atoms with Crippen LogP contribution in [0.5, 0.6) is 0 Å². The van der Waals surface area contributed by atoms with Crippen LogP contribution >= 0.6 is 0 Å². The van der Waals surface area contributed by atoms with E-state index in [0.717, 1.165) is 11.4 Å². The molecule has 1 aromatic rings. The first-order chi connectivity index (χ1) is 6.47. The highest BCUT2D eigenvalue weighted by molar-refractivity contribution is 5.06. The predicted molar refractivity (Wildman–Crippen MR) is 44.0 cm³/mol. The van der Waals surface area contributed by atoms with E-state index >= 15 is 0 Å². The van der Waals surface area contributed by atoms with Crippen molar-refractivity contribution in [2.75, 3.05) is 0 Å². The molecule has 0 aliphatic heterocycles. The maximum atomic E-state index is 8.47. The molecule has 0 spiro atoms. The first kappa shape index (κ1) is 12.0. The second-order valence-corrected chi connectivity index (χ2v) is 2.48. The molecule has 0 aromatic carbocycles. The second kappa shape index (κ2) is 5.62. The quantitative estimate of drug-likeness (QED) is 0.490. The van der Waals surface area contributed by atoms with Crippen molar-refractivity contribution in [1.29, 1.82) is 5.53 Å². The Morgan fingerprint density at radius 2 is 2.14 bits per heavy atom. The van der Waals surface area contributed by atoms with Gasteiger partial charge in [0, 0.05) is 5.69 Å². The lowest BCUT2D eigenvalue weighted by Gasteiger charge is -1.94. The average molecular weight is 202 g/mol. The van der Waals surface area contributed by atoms with Crippen LogP contribution in [0.1, 0.15) is 11.4 Å². The molecule has 3 N–H and O–H groups in total. The Hall–Kier alpha value is -1.99. The van der Waals surface area contributed by atoms with Crippen molar-refractivity contribution in [2.45, 2.75) is 20.5 Å². The van der Waals surface area contributed by atoms with Crippen LogP contribution in [0.15, 0.2) is 11.2 Å². The van der Waals surface area contributed by atoms with E-state index in [1.165, 1.54) is 0 Å². The summed E-state index contributed by atoms with van der Waals surface area (Å²) in [6.07, 6.45) is 0. The Morgan fingerprint density at radius 1 is 1.64 bits per heavy atom. The van der Waals surface area contributed by atoms with E-state index in [2.05, 4.69) is 10.2 Å². The third kappa shape index (κ3) is 4.80. The summed E-state index contributed by atoms with van der Waals surface area (Å²) < 4.78 is 1.70. The Balaban J connectivity index is 0.000000364. The summed E-state index contributed by atoms with van der Waals surface area (Å²) >= 11 is 0. The maximum Gasteiger partial charge on any atom is 0.472 e. The molecule has 78 valence electrons. The van der Waals surface area contributed by atoms with Gasteiger partial charge in [-0.25, -0.2) is 20.6 Å². The fourth-order valence-electron chi connectivity index (χ4n) is 0.885. The third-order valence-electron chi connectivity index (χ3n) is 1.31. The molecule has 0 atom stereocenters. The van der Waals surface area contributed by atoms with Crippen LogP contribution in [-0.4, -0.2) is 25.3 Å². The number of rotatable bonds is 2. The summed E-state index contributed by atoms with van der Waals surface area (Å²) in [6.45, 7) is 4.21. The van der Waals surface area contributed by atoms with Crippen molar-refractivity contribution in [3.63, 3.8) is 0 Å². The number of nitrogens with zero attached hydrogens (tertiary/aromatic N) is 4. The van der Waals surface area contributed by atoms with Crippen molar-refractivity contribution >= 4 is 0 Å². The Kier molecular flexibility index (Phi) is 4.82. The van der Waals surface area contributed by atoms with Gasteiger partial charge in [-0.3, -0.25) is 0 Å². The molecular weight excluding hydrogens is 190 g/mol. The van der Waals surface area contributed by atoms with Crippen LogP contribution in [0.3, 0.4) is 0 Å². The van der Waals surface area contributed by atoms with Gasteiger partial charge in [-0.1, -0.05) is 0 Å². The predicted octanol–water partition coefficient (Wildman–Crippen LogP) is 1.03. The minimum Gasteiger partial charge on any atom is -0.246 e. The van der Waals surface area contributed by atoms with Gasteiger partial charge in [0.05, 0.1) is 5.69 Å². The summed E-state index contributed by atoms with van der Waals surface area (Å²) in [7, 11) is 0. The molecule has 8 heteroatoms. The number of aromatic nitrogens is 2. The van der Waals surface area contributed by atoms with Gasteiger partial charge >= 0.3 is 5.09 Å². The highest BCUT2D eigenvalue weighted by atomic mass is 16.9. The Bertz CT molecular complexity index is 317. The number of hydrogen-bond donors (Lipinski definition) is 3. The Labute approximate surface area is 79.8 Å². The molecule has 0 aliphatic rings. The van der Waals surface area contributed by atoms with E-state index in [9.17, 15) is 0 Å². The molecule has 0 amide bonds. The zero-order valence-corrected chi connectivity index (χ0v) is 7.88. The Morgan fingerprint density at radius 3 is 2.43 bits per heavy atom. The van der Waals surface area contributed by atoms with E-state index in [4.69, 9.17) is 20.9 Å². The van der Waals surface area contributed by atoms with E-state index in [1.807, 2.05) is 19.9 Å². The summed E-state index contributed by atoms with van der Waals surface area (Å²) in [5.41, 5.74) is 8.63. The smallest absolute Gasteiger partial charge is 0.246 e. The minimum atomic E-state index is -1.25. The van der Waals surface area contributed by atoms with Crippen molar-refractivity contribution in [2.24, 2.45) is 5.11 Å². The molecule has 1 aromatic heterocycles. The lowest BCUT2D eigenvalue weighted by molar-refractivity contribution is -0.969. The second-order valence-electron chi connectivity index (χ2n) is 2.48. The average Bonchev–Trinajstić information content (AvgIpc) is 2.30. The SMILES string of the molecule is Cc1cc(C)n(CN=N)n1.O=[N+](O)O. The normalized spacial score (nSPS) is 8.71. The molecule has 0 aliphatic carbocycles. The molecule has 14 heavy (non-hydrogen) atoms. The highest BCUT2D eigenvalue weighted by Gasteiger charge is 1.97. The van der Waals surface area contributed by atoms with Gasteiger partial charge in [0.1, 0.15) is 4.91 Å². The molecule has 1 heterocycles. The molecule has 0 saturated heterocycles. The van der Waals surface area contributed by atoms with Crippen molar-refractivity contribution in [3.05, 3.63) is 22.4 Å². The van der Waals surface area contributed by atoms with Crippen molar-refractivity contribution < 1.29 is 15.5 Å². The lowest BCUT2D eigenvalue weighted by Crippen LogP contribution is -1.98. The van der Waals surface area contributed by atoms with E-state index in [0.29, 0.717) is 6.67 Å². The molecule has 1 rings (SSSR count). The standard InChI is InChI=1S/C6H10N4.H2NO3/c1-5-3-6(2)10(9-5)4-8-7;2-1(3)4/h3,7H,4H2,1-2H3;(H2,2,3,4)/q;+1. The van der Waals surface area contributed by atoms with E-state index < -0.39 is 5.09 Å². The monoisotopic (exact) mass is 202 g/mol. The molecule has 0 unspecified atom stereocenters. The molecular formula is C6H12N5O3+. The molecule has 0 radical (unpaired) electrons. The van der Waals surface area contributed by atoms with Gasteiger partial charge in [0.15, 0.2) is 6.67 Å². The molecule has 0 saturated carbocycles. The van der Waals surface area contributed by atoms with Crippen molar-refractivity contribution in [1.82, 2.24) is 9.78 Å². The third-order valence-corrected chi connectivity index (χ3v) is 1.31. The van der Waals surface area contributed by atoms with Gasteiger partial charge in [-0.05, 0) is 19.9 Å². The molecule has 0 fully saturated rings. The lowest BCUT2D eigenvalue weighted by atomic mass is 10.4. The highest BCUT2D eigenvalue weighted by Crippen LogP contribution is 2.00. The molecule has 8 nitrogen and oxygen atoms in total. The van der Waals surface area contributed by atoms with E-state index in [1.54, 1.807) is 4.68 Å². The zero-order chi connectivity index (χ0) is 11.1. The number of nitrogens with one attached hydrogen (secondary N) is 1. The first-order valence-electron chi connectivity index (χ1n) is 3.66.